The molecule has 0 bridgehead atoms. The molecule has 0 aromatic carbocycles. The molecule has 1 aliphatic rings. The normalized spacial score (nSPS) is 18.6. The van der Waals surface area contributed by atoms with Crippen LogP contribution in [-0.4, -0.2) is 19.1 Å². The van der Waals surface area contributed by atoms with Gasteiger partial charge in [-0.15, -0.1) is 0 Å². The molecule has 0 amide bonds. The molecule has 3 heterocycles. The largest absolute Gasteiger partial charge is 0.388 e. The van der Waals surface area contributed by atoms with Crippen LogP contribution < -0.4 is 0 Å². The fourth-order valence-electron chi connectivity index (χ4n) is 3.23. The standard InChI is InChI=1S/C17H19N3O/c21-16-6-2-1-5-13-9-19(12-15(13)16)10-14-11-20-8-4-3-7-17(20)18-14/h3-4,7-9,11-12,16,21H,1-2,5-6,10H2. The number of aryl methyl sites for hydroxylation is 1. The Kier molecular flexibility index (Phi) is 3.04. The lowest BCUT2D eigenvalue weighted by atomic mass is 10.1. The molecule has 0 fully saturated rings. The first kappa shape index (κ1) is 12.7. The van der Waals surface area contributed by atoms with Crippen LogP contribution in [0.2, 0.25) is 0 Å². The van der Waals surface area contributed by atoms with Crippen molar-refractivity contribution in [2.75, 3.05) is 0 Å². The highest BCUT2D eigenvalue weighted by Crippen LogP contribution is 2.29. The van der Waals surface area contributed by atoms with Crippen molar-refractivity contribution < 1.29 is 5.11 Å². The first-order valence-electron chi connectivity index (χ1n) is 7.59. The van der Waals surface area contributed by atoms with Gasteiger partial charge in [0.1, 0.15) is 5.65 Å². The van der Waals surface area contributed by atoms with Gasteiger partial charge in [-0.05, 0) is 37.0 Å². The summed E-state index contributed by atoms with van der Waals surface area (Å²) >= 11 is 0. The maximum Gasteiger partial charge on any atom is 0.137 e. The van der Waals surface area contributed by atoms with Crippen LogP contribution in [0, 0.1) is 0 Å². The van der Waals surface area contributed by atoms with Gasteiger partial charge in [0.15, 0.2) is 0 Å². The van der Waals surface area contributed by atoms with Gasteiger partial charge in [0.05, 0.1) is 18.3 Å². The number of aliphatic hydroxyl groups excluding tert-OH is 1. The third-order valence-electron chi connectivity index (χ3n) is 4.29. The lowest BCUT2D eigenvalue weighted by Gasteiger charge is -2.06. The quantitative estimate of drug-likeness (QED) is 0.734. The molecule has 4 rings (SSSR count). The first-order chi connectivity index (χ1) is 10.3. The number of imidazole rings is 1. The zero-order valence-electron chi connectivity index (χ0n) is 11.9. The average molecular weight is 281 g/mol. The summed E-state index contributed by atoms with van der Waals surface area (Å²) < 4.78 is 4.19. The minimum atomic E-state index is -0.301. The number of aromatic nitrogens is 3. The Morgan fingerprint density at radius 3 is 3.05 bits per heavy atom. The van der Waals surface area contributed by atoms with Crippen LogP contribution in [-0.2, 0) is 13.0 Å². The lowest BCUT2D eigenvalue weighted by Crippen LogP contribution is -1.98. The zero-order chi connectivity index (χ0) is 14.2. The SMILES string of the molecule is OC1CCCCc2cn(Cc3cn4ccccc4n3)cc21. The van der Waals surface area contributed by atoms with Gasteiger partial charge in [0.2, 0.25) is 0 Å². The summed E-state index contributed by atoms with van der Waals surface area (Å²) in [6.45, 7) is 0.751. The van der Waals surface area contributed by atoms with Gasteiger partial charge in [-0.25, -0.2) is 4.98 Å². The maximum absolute atomic E-state index is 10.2. The van der Waals surface area contributed by atoms with E-state index in [9.17, 15) is 5.11 Å². The average Bonchev–Trinajstić information content (AvgIpc) is 3.02. The number of rotatable bonds is 2. The second kappa shape index (κ2) is 5.04. The van der Waals surface area contributed by atoms with E-state index in [2.05, 4.69) is 28.1 Å². The van der Waals surface area contributed by atoms with E-state index in [0.717, 1.165) is 42.7 Å². The van der Waals surface area contributed by atoms with Crippen LogP contribution in [0.25, 0.3) is 5.65 Å². The summed E-state index contributed by atoms with van der Waals surface area (Å²) in [7, 11) is 0. The fraction of sp³-hybridized carbons (Fsp3) is 0.353. The summed E-state index contributed by atoms with van der Waals surface area (Å²) in [6.07, 6.45) is 12.3. The highest BCUT2D eigenvalue weighted by atomic mass is 16.3. The van der Waals surface area contributed by atoms with Crippen molar-refractivity contribution in [2.24, 2.45) is 0 Å². The minimum Gasteiger partial charge on any atom is -0.388 e. The number of fused-ring (bicyclic) bond motifs is 2. The van der Waals surface area contributed by atoms with E-state index in [1.807, 2.05) is 28.8 Å². The van der Waals surface area contributed by atoms with E-state index < -0.39 is 0 Å². The summed E-state index contributed by atoms with van der Waals surface area (Å²) in [5, 5.41) is 10.2. The third-order valence-corrected chi connectivity index (χ3v) is 4.29. The molecule has 108 valence electrons. The van der Waals surface area contributed by atoms with Crippen LogP contribution in [0.15, 0.2) is 43.0 Å². The Hall–Kier alpha value is -2.07. The molecular formula is C17H19N3O. The molecule has 1 atom stereocenters. The number of hydrogen-bond acceptors (Lipinski definition) is 2. The Bertz CT molecular complexity index is 738. The second-order valence-electron chi connectivity index (χ2n) is 5.87. The van der Waals surface area contributed by atoms with E-state index in [1.54, 1.807) is 0 Å². The molecule has 0 spiro atoms. The highest BCUT2D eigenvalue weighted by molar-refractivity contribution is 5.39. The molecule has 0 saturated carbocycles. The molecule has 21 heavy (non-hydrogen) atoms. The maximum atomic E-state index is 10.2. The van der Waals surface area contributed by atoms with E-state index >= 15 is 0 Å². The van der Waals surface area contributed by atoms with Crippen molar-refractivity contribution in [3.8, 4) is 0 Å². The Balaban J connectivity index is 1.64. The fourth-order valence-corrected chi connectivity index (χ4v) is 3.23. The monoisotopic (exact) mass is 281 g/mol. The van der Waals surface area contributed by atoms with E-state index in [4.69, 9.17) is 0 Å². The van der Waals surface area contributed by atoms with Crippen LogP contribution in [0.5, 0.6) is 0 Å². The third kappa shape index (κ3) is 2.36. The van der Waals surface area contributed by atoms with Crippen LogP contribution in [0.4, 0.5) is 0 Å². The van der Waals surface area contributed by atoms with Gasteiger partial charge in [-0.1, -0.05) is 12.5 Å². The second-order valence-corrected chi connectivity index (χ2v) is 5.87. The summed E-state index contributed by atoms with van der Waals surface area (Å²) in [4.78, 5) is 4.63. The number of hydrogen-bond donors (Lipinski definition) is 1. The molecule has 0 saturated heterocycles. The van der Waals surface area contributed by atoms with Gasteiger partial charge < -0.3 is 14.1 Å². The number of nitrogens with zero attached hydrogens (tertiary/aromatic N) is 3. The van der Waals surface area contributed by atoms with Crippen LogP contribution >= 0.6 is 0 Å². The van der Waals surface area contributed by atoms with E-state index in [0.29, 0.717) is 0 Å². The predicted molar refractivity (Wildman–Crippen MR) is 81.2 cm³/mol. The van der Waals surface area contributed by atoms with Crippen molar-refractivity contribution in [1.29, 1.82) is 0 Å². The molecule has 0 radical (unpaired) electrons. The molecule has 3 aromatic rings. The van der Waals surface area contributed by atoms with Gasteiger partial charge in [0.25, 0.3) is 0 Å². The van der Waals surface area contributed by atoms with Crippen LogP contribution in [0.3, 0.4) is 0 Å². The number of pyridine rings is 1. The van der Waals surface area contributed by atoms with Gasteiger partial charge in [-0.3, -0.25) is 0 Å². The van der Waals surface area contributed by atoms with Crippen molar-refractivity contribution in [1.82, 2.24) is 14.0 Å². The Labute approximate surface area is 123 Å². The minimum absolute atomic E-state index is 0.301. The lowest BCUT2D eigenvalue weighted by molar-refractivity contribution is 0.166. The smallest absolute Gasteiger partial charge is 0.137 e. The predicted octanol–water partition coefficient (Wildman–Crippen LogP) is 2.94. The van der Waals surface area contributed by atoms with E-state index in [1.165, 1.54) is 12.0 Å². The molecule has 0 aliphatic heterocycles. The summed E-state index contributed by atoms with van der Waals surface area (Å²) in [5.41, 5.74) is 4.42. The van der Waals surface area contributed by atoms with Crippen molar-refractivity contribution >= 4 is 5.65 Å². The molecule has 4 heteroatoms. The van der Waals surface area contributed by atoms with Gasteiger partial charge in [0, 0.05) is 30.4 Å². The number of aliphatic hydroxyl groups is 1. The first-order valence-corrected chi connectivity index (χ1v) is 7.59. The van der Waals surface area contributed by atoms with Crippen LogP contribution in [0.1, 0.15) is 42.2 Å². The summed E-state index contributed by atoms with van der Waals surface area (Å²) in [5.74, 6) is 0. The molecule has 3 aromatic heterocycles. The zero-order valence-corrected chi connectivity index (χ0v) is 11.9. The van der Waals surface area contributed by atoms with Gasteiger partial charge >= 0.3 is 0 Å². The molecule has 1 aliphatic carbocycles. The van der Waals surface area contributed by atoms with Gasteiger partial charge in [-0.2, -0.15) is 0 Å². The molecular weight excluding hydrogens is 262 g/mol. The van der Waals surface area contributed by atoms with Crippen molar-refractivity contribution in [3.63, 3.8) is 0 Å². The van der Waals surface area contributed by atoms with Crippen molar-refractivity contribution in [2.45, 2.75) is 38.3 Å². The molecule has 4 nitrogen and oxygen atoms in total. The topological polar surface area (TPSA) is 42.5 Å². The Morgan fingerprint density at radius 2 is 2.14 bits per heavy atom. The highest BCUT2D eigenvalue weighted by Gasteiger charge is 2.18. The molecule has 1 N–H and O–H groups in total. The summed E-state index contributed by atoms with van der Waals surface area (Å²) in [6, 6.07) is 6.02. The van der Waals surface area contributed by atoms with Crippen molar-refractivity contribution in [3.05, 3.63) is 59.8 Å². The Morgan fingerprint density at radius 1 is 1.19 bits per heavy atom. The van der Waals surface area contributed by atoms with E-state index in [-0.39, 0.29) is 6.10 Å². The molecule has 1 unspecified atom stereocenters.